The number of carbonyl (C=O) groups is 2. The predicted molar refractivity (Wildman–Crippen MR) is 90.0 cm³/mol. The van der Waals surface area contributed by atoms with Crippen LogP contribution in [0.3, 0.4) is 0 Å². The summed E-state index contributed by atoms with van der Waals surface area (Å²) in [5, 5.41) is 11.3. The van der Waals surface area contributed by atoms with Crippen LogP contribution >= 0.6 is 0 Å². The van der Waals surface area contributed by atoms with Crippen molar-refractivity contribution in [3.8, 4) is 0 Å². The molecule has 2 aromatic carbocycles. The van der Waals surface area contributed by atoms with Crippen molar-refractivity contribution in [3.63, 3.8) is 0 Å². The minimum absolute atomic E-state index is 0.0993. The van der Waals surface area contributed by atoms with Crippen molar-refractivity contribution in [2.24, 2.45) is 5.41 Å². The molecule has 128 valence electrons. The normalized spacial score (nSPS) is 20.0. The van der Waals surface area contributed by atoms with Gasteiger partial charge in [0, 0.05) is 10.5 Å². The van der Waals surface area contributed by atoms with Crippen LogP contribution in [0.2, 0.25) is 0 Å². The minimum atomic E-state index is -1.62. The zero-order chi connectivity index (χ0) is 18.0. The van der Waals surface area contributed by atoms with E-state index in [1.54, 1.807) is 54.6 Å². The van der Waals surface area contributed by atoms with Gasteiger partial charge in [0.15, 0.2) is 5.78 Å². The number of hydrogen-bond donors (Lipinski definition) is 0. The van der Waals surface area contributed by atoms with Crippen molar-refractivity contribution in [1.29, 1.82) is 0 Å². The van der Waals surface area contributed by atoms with Crippen LogP contribution in [0.5, 0.6) is 0 Å². The number of ether oxygens (including phenoxy) is 1. The van der Waals surface area contributed by atoms with E-state index in [9.17, 15) is 19.7 Å². The van der Waals surface area contributed by atoms with E-state index in [-0.39, 0.29) is 6.42 Å². The maximum atomic E-state index is 13.2. The van der Waals surface area contributed by atoms with Crippen LogP contribution in [0.15, 0.2) is 54.6 Å². The molecule has 1 aliphatic rings. The number of Topliss-reactive ketones (excluding diaryl/α,β-unsaturated/α-hetero) is 1. The van der Waals surface area contributed by atoms with Gasteiger partial charge in [0.25, 0.3) is 0 Å². The number of fused-ring (bicyclic) bond motifs is 1. The summed E-state index contributed by atoms with van der Waals surface area (Å²) in [5.41, 5.74) is 0.0949. The second-order valence-corrected chi connectivity index (χ2v) is 6.10. The number of benzene rings is 2. The number of hydrogen-bond acceptors (Lipinski definition) is 5. The number of rotatable bonds is 5. The molecule has 25 heavy (non-hydrogen) atoms. The second-order valence-electron chi connectivity index (χ2n) is 6.10. The summed E-state index contributed by atoms with van der Waals surface area (Å²) in [4.78, 5) is 36.8. The number of esters is 1. The first kappa shape index (κ1) is 16.8. The first-order valence-electron chi connectivity index (χ1n) is 7.88. The van der Waals surface area contributed by atoms with Gasteiger partial charge in [-0.2, -0.15) is 0 Å². The molecule has 2 aromatic rings. The van der Waals surface area contributed by atoms with E-state index < -0.39 is 34.6 Å². The Morgan fingerprint density at radius 2 is 1.84 bits per heavy atom. The zero-order valence-corrected chi connectivity index (χ0v) is 13.7. The van der Waals surface area contributed by atoms with Crippen LogP contribution in [0.4, 0.5) is 0 Å². The quantitative estimate of drug-likeness (QED) is 0.362. The highest BCUT2D eigenvalue weighted by molar-refractivity contribution is 6.16. The molecular weight excluding hydrogens is 322 g/mol. The summed E-state index contributed by atoms with van der Waals surface area (Å²) in [6.07, 6.45) is 0.0993. The molecule has 1 aliphatic carbocycles. The van der Waals surface area contributed by atoms with Gasteiger partial charge >= 0.3 is 5.97 Å². The van der Waals surface area contributed by atoms with E-state index in [4.69, 9.17) is 4.74 Å². The summed E-state index contributed by atoms with van der Waals surface area (Å²) in [6.45, 7) is -0.529. The average molecular weight is 339 g/mol. The number of carbonyl (C=O) groups excluding carboxylic acids is 2. The topological polar surface area (TPSA) is 86.5 Å². The van der Waals surface area contributed by atoms with Gasteiger partial charge in [-0.15, -0.1) is 0 Å². The van der Waals surface area contributed by atoms with Crippen LogP contribution < -0.4 is 0 Å². The Balaban J connectivity index is 2.19. The highest BCUT2D eigenvalue weighted by Gasteiger charge is 2.59. The fourth-order valence-electron chi connectivity index (χ4n) is 3.67. The molecule has 0 bridgehead atoms. The standard InChI is InChI=1S/C19H17NO5/c1-25-18(22)19(11-14-9-5-6-10-15(14)17(19)21)16(12-20(23)24)13-7-3-2-4-8-13/h2-10,16H,11-12H2,1H3/t16-,19?/m1/s1. The van der Waals surface area contributed by atoms with Crippen LogP contribution in [-0.2, 0) is 16.0 Å². The first-order chi connectivity index (χ1) is 12.0. The lowest BCUT2D eigenvalue weighted by atomic mass is 9.69. The summed E-state index contributed by atoms with van der Waals surface area (Å²) in [7, 11) is 1.20. The molecule has 6 nitrogen and oxygen atoms in total. The lowest BCUT2D eigenvalue weighted by Crippen LogP contribution is -2.46. The van der Waals surface area contributed by atoms with Gasteiger partial charge in [-0.05, 0) is 17.5 Å². The van der Waals surface area contributed by atoms with Gasteiger partial charge in [0.2, 0.25) is 6.54 Å². The Morgan fingerprint density at radius 1 is 1.20 bits per heavy atom. The van der Waals surface area contributed by atoms with Gasteiger partial charge in [0.05, 0.1) is 13.0 Å². The fourth-order valence-corrected chi connectivity index (χ4v) is 3.67. The smallest absolute Gasteiger partial charge is 0.320 e. The highest BCUT2D eigenvalue weighted by atomic mass is 16.6. The number of ketones is 1. The Labute approximate surface area is 144 Å². The van der Waals surface area contributed by atoms with Gasteiger partial charge in [-0.3, -0.25) is 19.7 Å². The maximum absolute atomic E-state index is 13.2. The lowest BCUT2D eigenvalue weighted by molar-refractivity contribution is -0.485. The molecule has 0 radical (unpaired) electrons. The molecule has 0 heterocycles. The maximum Gasteiger partial charge on any atom is 0.320 e. The van der Waals surface area contributed by atoms with Gasteiger partial charge in [0.1, 0.15) is 5.41 Å². The first-order valence-corrected chi connectivity index (χ1v) is 7.88. The lowest BCUT2D eigenvalue weighted by Gasteiger charge is -2.31. The SMILES string of the molecule is COC(=O)C1([C@H](C[N+](=O)[O-])c2ccccc2)Cc2ccccc2C1=O. The molecule has 0 amide bonds. The van der Waals surface area contributed by atoms with Crippen molar-refractivity contribution in [3.05, 3.63) is 81.4 Å². The van der Waals surface area contributed by atoms with E-state index in [1.165, 1.54) is 7.11 Å². The molecule has 0 N–H and O–H groups in total. The Morgan fingerprint density at radius 3 is 2.44 bits per heavy atom. The van der Waals surface area contributed by atoms with Gasteiger partial charge in [-0.1, -0.05) is 54.6 Å². The van der Waals surface area contributed by atoms with Crippen molar-refractivity contribution in [2.75, 3.05) is 13.7 Å². The number of nitro groups is 1. The van der Waals surface area contributed by atoms with Crippen LogP contribution in [-0.4, -0.2) is 30.3 Å². The van der Waals surface area contributed by atoms with Crippen LogP contribution in [0, 0.1) is 15.5 Å². The van der Waals surface area contributed by atoms with E-state index >= 15 is 0 Å². The van der Waals surface area contributed by atoms with Crippen LogP contribution in [0.1, 0.15) is 27.4 Å². The van der Waals surface area contributed by atoms with E-state index in [0.717, 1.165) is 0 Å². The monoisotopic (exact) mass is 339 g/mol. The summed E-state index contributed by atoms with van der Waals surface area (Å²) in [5.74, 6) is -2.05. The predicted octanol–water partition coefficient (Wildman–Crippen LogP) is 2.65. The summed E-state index contributed by atoms with van der Waals surface area (Å²) in [6, 6.07) is 15.6. The number of nitrogens with zero attached hydrogens (tertiary/aromatic N) is 1. The summed E-state index contributed by atoms with van der Waals surface area (Å²) < 4.78 is 4.94. The molecule has 0 saturated carbocycles. The highest BCUT2D eigenvalue weighted by Crippen LogP contribution is 2.48. The second kappa shape index (κ2) is 6.47. The third-order valence-electron chi connectivity index (χ3n) is 4.81. The molecule has 2 atom stereocenters. The Hall–Kier alpha value is -3.02. The molecule has 0 spiro atoms. The molecular formula is C19H17NO5. The van der Waals surface area contributed by atoms with Crippen molar-refractivity contribution >= 4 is 11.8 Å². The largest absolute Gasteiger partial charge is 0.468 e. The molecule has 3 rings (SSSR count). The third kappa shape index (κ3) is 2.69. The minimum Gasteiger partial charge on any atom is -0.468 e. The fraction of sp³-hybridized carbons (Fsp3) is 0.263. The van der Waals surface area contributed by atoms with Crippen molar-refractivity contribution in [1.82, 2.24) is 0 Å². The molecule has 0 saturated heterocycles. The molecule has 0 aromatic heterocycles. The van der Waals surface area contributed by atoms with Gasteiger partial charge in [-0.25, -0.2) is 0 Å². The van der Waals surface area contributed by atoms with Crippen LogP contribution in [0.25, 0.3) is 0 Å². The Bertz CT molecular complexity index is 833. The molecule has 6 heteroatoms. The molecule has 1 unspecified atom stereocenters. The molecule has 0 fully saturated rings. The third-order valence-corrected chi connectivity index (χ3v) is 4.81. The van der Waals surface area contributed by atoms with E-state index in [1.807, 2.05) is 0 Å². The van der Waals surface area contributed by atoms with Crippen molar-refractivity contribution < 1.29 is 19.2 Å². The Kier molecular flexibility index (Phi) is 4.35. The number of methoxy groups -OCH3 is 1. The average Bonchev–Trinajstić information content (AvgIpc) is 2.93. The van der Waals surface area contributed by atoms with Crippen molar-refractivity contribution in [2.45, 2.75) is 12.3 Å². The summed E-state index contributed by atoms with van der Waals surface area (Å²) >= 11 is 0. The van der Waals surface area contributed by atoms with E-state index in [2.05, 4.69) is 0 Å². The zero-order valence-electron chi connectivity index (χ0n) is 13.7. The van der Waals surface area contributed by atoms with Gasteiger partial charge < -0.3 is 4.74 Å². The molecule has 0 aliphatic heterocycles. The van der Waals surface area contributed by atoms with E-state index in [0.29, 0.717) is 16.7 Å².